The van der Waals surface area contributed by atoms with E-state index in [9.17, 15) is 9.59 Å². The van der Waals surface area contributed by atoms with Crippen molar-refractivity contribution in [2.24, 2.45) is 5.92 Å². The molecule has 0 radical (unpaired) electrons. The van der Waals surface area contributed by atoms with Gasteiger partial charge in [0.25, 0.3) is 5.91 Å². The Hall–Kier alpha value is -2.57. The lowest BCUT2D eigenvalue weighted by Gasteiger charge is -2.32. The van der Waals surface area contributed by atoms with Crippen molar-refractivity contribution in [3.63, 3.8) is 0 Å². The van der Waals surface area contributed by atoms with Crippen LogP contribution in [0, 0.1) is 5.92 Å². The van der Waals surface area contributed by atoms with Gasteiger partial charge >= 0.3 is 0 Å². The maximum absolute atomic E-state index is 12.8. The second-order valence-corrected chi connectivity index (χ2v) is 8.51. The first kappa shape index (κ1) is 23.1. The third kappa shape index (κ3) is 5.99. The highest BCUT2D eigenvalue weighted by atomic mass is 35.5. The largest absolute Gasteiger partial charge is 0.497 e. The Kier molecular flexibility index (Phi) is 7.93. The topological polar surface area (TPSA) is 61.9 Å². The Bertz CT molecular complexity index is 893. The summed E-state index contributed by atoms with van der Waals surface area (Å²) in [7, 11) is 5.64. The third-order valence-corrected chi connectivity index (χ3v) is 6.07. The van der Waals surface area contributed by atoms with Crippen molar-refractivity contribution < 1.29 is 14.3 Å². The van der Waals surface area contributed by atoms with Crippen molar-refractivity contribution in [2.75, 3.05) is 40.8 Å². The van der Waals surface area contributed by atoms with E-state index in [1.165, 1.54) is 0 Å². The van der Waals surface area contributed by atoms with Gasteiger partial charge < -0.3 is 19.9 Å². The number of hydrogen-bond acceptors (Lipinski definition) is 4. The van der Waals surface area contributed by atoms with Gasteiger partial charge in [-0.15, -0.1) is 0 Å². The van der Waals surface area contributed by atoms with E-state index in [0.29, 0.717) is 43.1 Å². The van der Waals surface area contributed by atoms with E-state index in [0.717, 1.165) is 11.3 Å². The van der Waals surface area contributed by atoms with Crippen LogP contribution in [0.15, 0.2) is 48.5 Å². The van der Waals surface area contributed by atoms with E-state index in [1.807, 2.05) is 43.3 Å². The molecule has 1 aliphatic heterocycles. The van der Waals surface area contributed by atoms with E-state index in [-0.39, 0.29) is 23.8 Å². The fraction of sp³-hybridized carbons (Fsp3) is 0.417. The van der Waals surface area contributed by atoms with Crippen LogP contribution in [0.2, 0.25) is 5.02 Å². The van der Waals surface area contributed by atoms with Crippen molar-refractivity contribution in [2.45, 2.75) is 18.9 Å². The molecule has 0 aliphatic carbocycles. The maximum Gasteiger partial charge on any atom is 0.253 e. The number of carbonyl (C=O) groups is 2. The average molecular weight is 444 g/mol. The van der Waals surface area contributed by atoms with Gasteiger partial charge in [0.15, 0.2) is 0 Å². The van der Waals surface area contributed by atoms with Crippen molar-refractivity contribution in [3.8, 4) is 5.75 Å². The number of nitrogens with zero attached hydrogens (tertiary/aromatic N) is 2. The summed E-state index contributed by atoms with van der Waals surface area (Å²) < 4.78 is 5.33. The van der Waals surface area contributed by atoms with E-state index in [4.69, 9.17) is 16.3 Å². The van der Waals surface area contributed by atoms with Crippen LogP contribution in [0.5, 0.6) is 5.75 Å². The molecule has 31 heavy (non-hydrogen) atoms. The molecule has 3 rings (SSSR count). The number of benzene rings is 2. The number of methoxy groups -OCH3 is 1. The number of likely N-dealkylation sites (N-methyl/N-ethyl adjacent to an activating group) is 1. The summed E-state index contributed by atoms with van der Waals surface area (Å²) in [5, 5.41) is 3.72. The molecule has 1 N–H and O–H groups in total. The van der Waals surface area contributed by atoms with Crippen LogP contribution in [-0.4, -0.2) is 62.5 Å². The SMILES string of the molecule is COc1cccc(C(CNC(=O)C2CCN(C(=O)c3ccc(Cl)cc3)CC2)N(C)C)c1. The summed E-state index contributed by atoms with van der Waals surface area (Å²) in [5.41, 5.74) is 1.72. The van der Waals surface area contributed by atoms with Gasteiger partial charge in [-0.3, -0.25) is 9.59 Å². The number of nitrogens with one attached hydrogen (secondary N) is 1. The van der Waals surface area contributed by atoms with Crippen molar-refractivity contribution in [1.82, 2.24) is 15.1 Å². The second-order valence-electron chi connectivity index (χ2n) is 8.07. The molecule has 2 aromatic rings. The molecular formula is C24H30ClN3O3. The Labute approximate surface area is 189 Å². The zero-order valence-electron chi connectivity index (χ0n) is 18.3. The Morgan fingerprint density at radius 3 is 2.45 bits per heavy atom. The van der Waals surface area contributed by atoms with Gasteiger partial charge in [0, 0.05) is 36.1 Å². The molecule has 1 saturated heterocycles. The predicted octanol–water partition coefficient (Wildman–Crippen LogP) is 3.62. The molecule has 0 aromatic heterocycles. The number of halogens is 1. The lowest BCUT2D eigenvalue weighted by atomic mass is 9.95. The van der Waals surface area contributed by atoms with Crippen LogP contribution < -0.4 is 10.1 Å². The molecule has 1 unspecified atom stereocenters. The molecule has 2 amide bonds. The molecule has 0 spiro atoms. The first-order valence-electron chi connectivity index (χ1n) is 10.5. The molecule has 166 valence electrons. The molecule has 7 heteroatoms. The number of rotatable bonds is 7. The smallest absolute Gasteiger partial charge is 0.253 e. The van der Waals surface area contributed by atoms with Crippen LogP contribution in [0.4, 0.5) is 0 Å². The van der Waals surface area contributed by atoms with Gasteiger partial charge in [-0.1, -0.05) is 23.7 Å². The summed E-state index contributed by atoms with van der Waals surface area (Å²) in [6, 6.07) is 14.9. The normalized spacial score (nSPS) is 15.6. The predicted molar refractivity (Wildman–Crippen MR) is 123 cm³/mol. The van der Waals surface area contributed by atoms with Crippen LogP contribution in [0.25, 0.3) is 0 Å². The standard InChI is InChI=1S/C24H30ClN3O3/c1-27(2)22(19-5-4-6-21(15-19)31-3)16-26-23(29)17-11-13-28(14-12-17)24(30)18-7-9-20(25)10-8-18/h4-10,15,17,22H,11-14,16H2,1-3H3,(H,26,29). The van der Waals surface area contributed by atoms with Gasteiger partial charge in [0.1, 0.15) is 5.75 Å². The maximum atomic E-state index is 12.8. The van der Waals surface area contributed by atoms with Crippen LogP contribution in [0.3, 0.4) is 0 Å². The second kappa shape index (κ2) is 10.6. The van der Waals surface area contributed by atoms with Gasteiger partial charge in [-0.05, 0) is 68.9 Å². The van der Waals surface area contributed by atoms with E-state index in [2.05, 4.69) is 10.2 Å². The molecule has 0 saturated carbocycles. The molecule has 1 atom stereocenters. The molecule has 1 aliphatic rings. The van der Waals surface area contributed by atoms with E-state index < -0.39 is 0 Å². The Balaban J connectivity index is 1.53. The Morgan fingerprint density at radius 1 is 1.16 bits per heavy atom. The molecule has 6 nitrogen and oxygen atoms in total. The summed E-state index contributed by atoms with van der Waals surface area (Å²) in [6.45, 7) is 1.67. The number of amides is 2. The highest BCUT2D eigenvalue weighted by Gasteiger charge is 2.28. The number of likely N-dealkylation sites (tertiary alicyclic amines) is 1. The van der Waals surface area contributed by atoms with Crippen LogP contribution in [-0.2, 0) is 4.79 Å². The van der Waals surface area contributed by atoms with Gasteiger partial charge in [0.05, 0.1) is 13.2 Å². The molecular weight excluding hydrogens is 414 g/mol. The van der Waals surface area contributed by atoms with Gasteiger partial charge in [-0.25, -0.2) is 0 Å². The zero-order chi connectivity index (χ0) is 22.4. The minimum Gasteiger partial charge on any atom is -0.497 e. The number of piperidine rings is 1. The van der Waals surface area contributed by atoms with Gasteiger partial charge in [-0.2, -0.15) is 0 Å². The third-order valence-electron chi connectivity index (χ3n) is 5.82. The van der Waals surface area contributed by atoms with Gasteiger partial charge in [0.2, 0.25) is 5.91 Å². The Morgan fingerprint density at radius 2 is 1.84 bits per heavy atom. The van der Waals surface area contributed by atoms with E-state index in [1.54, 1.807) is 31.4 Å². The van der Waals surface area contributed by atoms with E-state index >= 15 is 0 Å². The summed E-state index contributed by atoms with van der Waals surface area (Å²) in [5.74, 6) is 0.755. The first-order valence-corrected chi connectivity index (χ1v) is 10.9. The zero-order valence-corrected chi connectivity index (χ0v) is 19.1. The average Bonchev–Trinajstić information content (AvgIpc) is 2.79. The fourth-order valence-electron chi connectivity index (χ4n) is 3.91. The molecule has 0 bridgehead atoms. The monoisotopic (exact) mass is 443 g/mol. The first-order chi connectivity index (χ1) is 14.9. The number of ether oxygens (including phenoxy) is 1. The highest BCUT2D eigenvalue weighted by Crippen LogP contribution is 2.23. The molecule has 1 fully saturated rings. The quantitative estimate of drug-likeness (QED) is 0.710. The number of hydrogen-bond donors (Lipinski definition) is 1. The molecule has 2 aromatic carbocycles. The van der Waals surface area contributed by atoms with Crippen LogP contribution in [0.1, 0.15) is 34.8 Å². The summed E-state index contributed by atoms with van der Waals surface area (Å²) in [4.78, 5) is 29.3. The van der Waals surface area contributed by atoms with Crippen molar-refractivity contribution in [3.05, 3.63) is 64.7 Å². The summed E-state index contributed by atoms with van der Waals surface area (Å²) >= 11 is 5.90. The lowest BCUT2D eigenvalue weighted by molar-refractivity contribution is -0.126. The lowest BCUT2D eigenvalue weighted by Crippen LogP contribution is -2.44. The molecule has 1 heterocycles. The number of carbonyl (C=O) groups excluding carboxylic acids is 2. The summed E-state index contributed by atoms with van der Waals surface area (Å²) in [6.07, 6.45) is 1.33. The minimum absolute atomic E-state index is 0.0128. The van der Waals surface area contributed by atoms with Crippen molar-refractivity contribution in [1.29, 1.82) is 0 Å². The van der Waals surface area contributed by atoms with Crippen molar-refractivity contribution >= 4 is 23.4 Å². The fourth-order valence-corrected chi connectivity index (χ4v) is 4.03. The minimum atomic E-state index is -0.0811. The van der Waals surface area contributed by atoms with Crippen LogP contribution >= 0.6 is 11.6 Å². The highest BCUT2D eigenvalue weighted by molar-refractivity contribution is 6.30.